The summed E-state index contributed by atoms with van der Waals surface area (Å²) in [7, 11) is 1.33. The van der Waals surface area contributed by atoms with E-state index in [1.165, 1.54) is 18.4 Å². The summed E-state index contributed by atoms with van der Waals surface area (Å²) < 4.78 is 4.62. The summed E-state index contributed by atoms with van der Waals surface area (Å²) in [5.74, 6) is -0.708. The summed E-state index contributed by atoms with van der Waals surface area (Å²) in [5.41, 5.74) is 0. The molecule has 3 N–H and O–H groups in total. The first-order valence-electron chi connectivity index (χ1n) is 11.2. The zero-order chi connectivity index (χ0) is 22.9. The number of ether oxygens (including phenoxy) is 1. The molecular weight excluding hydrogens is 432 g/mol. The monoisotopic (exact) mass is 464 g/mol. The number of hydrogen-bond donors (Lipinski definition) is 3. The molecule has 0 saturated carbocycles. The Morgan fingerprint density at radius 3 is 2.81 bits per heavy atom. The van der Waals surface area contributed by atoms with Gasteiger partial charge in [-0.1, -0.05) is 6.07 Å². The summed E-state index contributed by atoms with van der Waals surface area (Å²) >= 11 is 1.53. The van der Waals surface area contributed by atoms with Gasteiger partial charge in [0, 0.05) is 30.4 Å². The molecule has 0 bridgehead atoms. The topological polar surface area (TPSA) is 117 Å². The highest BCUT2D eigenvalue weighted by molar-refractivity contribution is 7.10. The van der Waals surface area contributed by atoms with Crippen LogP contribution in [0.2, 0.25) is 0 Å². The van der Waals surface area contributed by atoms with Crippen molar-refractivity contribution >= 4 is 35.0 Å². The van der Waals surface area contributed by atoms with Gasteiger partial charge in [-0.2, -0.15) is 0 Å². The summed E-state index contributed by atoms with van der Waals surface area (Å²) in [6, 6.07) is 2.76. The van der Waals surface area contributed by atoms with E-state index in [9.17, 15) is 19.2 Å². The van der Waals surface area contributed by atoms with Crippen molar-refractivity contribution in [1.29, 1.82) is 0 Å². The summed E-state index contributed by atoms with van der Waals surface area (Å²) in [5, 5.41) is 11.0. The van der Waals surface area contributed by atoms with Crippen molar-refractivity contribution in [3.05, 3.63) is 22.4 Å². The van der Waals surface area contributed by atoms with Gasteiger partial charge in [0.1, 0.15) is 6.04 Å². The van der Waals surface area contributed by atoms with Crippen LogP contribution < -0.4 is 16.0 Å². The molecule has 2 aliphatic heterocycles. The van der Waals surface area contributed by atoms with Gasteiger partial charge >= 0.3 is 5.97 Å². The van der Waals surface area contributed by atoms with Crippen molar-refractivity contribution in [1.82, 2.24) is 20.9 Å². The molecule has 2 fully saturated rings. The number of amides is 3. The molecule has 0 radical (unpaired) electrons. The van der Waals surface area contributed by atoms with Gasteiger partial charge in [-0.25, -0.2) is 0 Å². The second kappa shape index (κ2) is 12.0. The normalized spacial score (nSPS) is 22.9. The van der Waals surface area contributed by atoms with Crippen LogP contribution in [0.3, 0.4) is 0 Å². The molecule has 10 heteroatoms. The average molecular weight is 465 g/mol. The Balaban J connectivity index is 1.59. The molecule has 0 unspecified atom stereocenters. The van der Waals surface area contributed by atoms with Crippen molar-refractivity contribution in [3.8, 4) is 0 Å². The Kier molecular flexibility index (Phi) is 9.04. The third-order valence-corrected chi connectivity index (χ3v) is 6.79. The van der Waals surface area contributed by atoms with Crippen LogP contribution in [-0.2, 0) is 30.3 Å². The number of nitrogens with one attached hydrogen (secondary N) is 3. The van der Waals surface area contributed by atoms with E-state index in [0.717, 1.165) is 24.3 Å². The number of rotatable bonds is 9. The third-order valence-electron chi connectivity index (χ3n) is 5.91. The number of piperidine rings is 1. The van der Waals surface area contributed by atoms with E-state index in [0.29, 0.717) is 38.8 Å². The summed E-state index contributed by atoms with van der Waals surface area (Å²) in [6.07, 6.45) is 3.69. The average Bonchev–Trinajstić information content (AvgIpc) is 3.50. The molecule has 1 aromatic rings. The molecule has 9 nitrogen and oxygen atoms in total. The molecule has 2 aliphatic rings. The van der Waals surface area contributed by atoms with E-state index >= 15 is 0 Å². The predicted molar refractivity (Wildman–Crippen MR) is 120 cm³/mol. The minimum atomic E-state index is -0.649. The van der Waals surface area contributed by atoms with E-state index in [1.807, 2.05) is 17.5 Å². The molecule has 0 aromatic carbocycles. The summed E-state index contributed by atoms with van der Waals surface area (Å²) in [4.78, 5) is 52.4. The lowest BCUT2D eigenvalue weighted by atomic mass is 9.95. The van der Waals surface area contributed by atoms with Gasteiger partial charge in [-0.3, -0.25) is 19.2 Å². The first kappa shape index (κ1) is 24.2. The standard InChI is InChI=1S/C22H32N4O5S/c1-31-20(28)7-3-10-24-21(29)18-13-15(25-19(27)14-16-5-4-12-32-16)8-11-26(18)22(30)17-6-2-9-23-17/h4-5,12,15,17-18,23H,2-3,6-11,13-14H2,1H3,(H,24,29)(H,25,27)/t15-,17+,18-/m0/s1. The van der Waals surface area contributed by atoms with Crippen LogP contribution in [0.15, 0.2) is 17.5 Å². The minimum Gasteiger partial charge on any atom is -0.469 e. The largest absolute Gasteiger partial charge is 0.469 e. The van der Waals surface area contributed by atoms with Crippen LogP contribution >= 0.6 is 11.3 Å². The van der Waals surface area contributed by atoms with Gasteiger partial charge in [0.15, 0.2) is 0 Å². The lowest BCUT2D eigenvalue weighted by molar-refractivity contribution is -0.144. The highest BCUT2D eigenvalue weighted by Gasteiger charge is 2.39. The Bertz CT molecular complexity index is 794. The molecule has 2 saturated heterocycles. The summed E-state index contributed by atoms with van der Waals surface area (Å²) in [6.45, 7) is 1.54. The lowest BCUT2D eigenvalue weighted by Gasteiger charge is -2.40. The second-order valence-corrected chi connectivity index (χ2v) is 9.24. The van der Waals surface area contributed by atoms with Gasteiger partial charge < -0.3 is 25.6 Å². The van der Waals surface area contributed by atoms with E-state index in [2.05, 4.69) is 20.7 Å². The highest BCUT2D eigenvalue weighted by atomic mass is 32.1. The van der Waals surface area contributed by atoms with Crippen LogP contribution in [0.5, 0.6) is 0 Å². The van der Waals surface area contributed by atoms with Crippen molar-refractivity contribution in [2.45, 2.75) is 63.1 Å². The van der Waals surface area contributed by atoms with Crippen LogP contribution in [0.4, 0.5) is 0 Å². The molecule has 0 spiro atoms. The van der Waals surface area contributed by atoms with Gasteiger partial charge in [0.05, 0.1) is 19.6 Å². The van der Waals surface area contributed by atoms with Gasteiger partial charge in [0.25, 0.3) is 0 Å². The van der Waals surface area contributed by atoms with E-state index in [-0.39, 0.29) is 42.2 Å². The first-order chi connectivity index (χ1) is 15.5. The van der Waals surface area contributed by atoms with Crippen LogP contribution in [0.25, 0.3) is 0 Å². The molecule has 1 aromatic heterocycles. The molecule has 3 atom stereocenters. The smallest absolute Gasteiger partial charge is 0.305 e. The molecular formula is C22H32N4O5S. The number of hydrogen-bond acceptors (Lipinski definition) is 7. The van der Waals surface area contributed by atoms with Crippen LogP contribution in [0, 0.1) is 0 Å². The number of carbonyl (C=O) groups is 4. The fraction of sp³-hybridized carbons (Fsp3) is 0.636. The quantitative estimate of drug-likeness (QED) is 0.364. The third kappa shape index (κ3) is 6.77. The molecule has 32 heavy (non-hydrogen) atoms. The Morgan fingerprint density at radius 1 is 1.28 bits per heavy atom. The van der Waals surface area contributed by atoms with Crippen molar-refractivity contribution in [2.75, 3.05) is 26.7 Å². The number of methoxy groups -OCH3 is 1. The highest BCUT2D eigenvalue weighted by Crippen LogP contribution is 2.22. The maximum atomic E-state index is 13.1. The Hall–Kier alpha value is -2.46. The van der Waals surface area contributed by atoms with Gasteiger partial charge in [-0.05, 0) is 50.1 Å². The fourth-order valence-corrected chi connectivity index (χ4v) is 4.92. The van der Waals surface area contributed by atoms with Crippen molar-refractivity contribution in [3.63, 3.8) is 0 Å². The second-order valence-electron chi connectivity index (χ2n) is 8.21. The van der Waals surface area contributed by atoms with E-state index in [1.54, 1.807) is 4.90 Å². The Labute approximate surface area is 192 Å². The molecule has 0 aliphatic carbocycles. The van der Waals surface area contributed by atoms with Crippen molar-refractivity contribution < 1.29 is 23.9 Å². The number of esters is 1. The fourth-order valence-electron chi connectivity index (χ4n) is 4.22. The van der Waals surface area contributed by atoms with Gasteiger partial charge in [0.2, 0.25) is 17.7 Å². The molecule has 3 rings (SSSR count). The maximum Gasteiger partial charge on any atom is 0.305 e. The van der Waals surface area contributed by atoms with Crippen LogP contribution in [0.1, 0.15) is 43.4 Å². The minimum absolute atomic E-state index is 0.0550. The number of carbonyl (C=O) groups excluding carboxylic acids is 4. The van der Waals surface area contributed by atoms with Gasteiger partial charge in [-0.15, -0.1) is 11.3 Å². The number of thiophene rings is 1. The van der Waals surface area contributed by atoms with Crippen molar-refractivity contribution in [2.24, 2.45) is 0 Å². The van der Waals surface area contributed by atoms with E-state index < -0.39 is 6.04 Å². The lowest BCUT2D eigenvalue weighted by Crippen LogP contribution is -2.60. The van der Waals surface area contributed by atoms with E-state index in [4.69, 9.17) is 0 Å². The molecule has 176 valence electrons. The SMILES string of the molecule is COC(=O)CCCNC(=O)[C@@H]1C[C@@H](NC(=O)Cc2cccs2)CCN1C(=O)[C@H]1CCCN1. The number of nitrogens with zero attached hydrogens (tertiary/aromatic N) is 1. The first-order valence-corrected chi connectivity index (χ1v) is 12.1. The van der Waals surface area contributed by atoms with Crippen LogP contribution in [-0.4, -0.2) is 73.5 Å². The molecule has 3 heterocycles. The Morgan fingerprint density at radius 2 is 2.12 bits per heavy atom. The predicted octanol–water partition coefficient (Wildman–Crippen LogP) is 0.588. The zero-order valence-electron chi connectivity index (χ0n) is 18.4. The zero-order valence-corrected chi connectivity index (χ0v) is 19.2. The molecule has 3 amide bonds. The maximum absolute atomic E-state index is 13.1. The number of likely N-dealkylation sites (tertiary alicyclic amines) is 1.